The molecule has 0 saturated carbocycles. The molecule has 0 unspecified atom stereocenters. The number of piperidine rings is 1. The molecule has 1 N–H and O–H groups in total. The molecule has 0 spiro atoms. The highest BCUT2D eigenvalue weighted by atomic mass is 16.2. The zero-order chi connectivity index (χ0) is 9.68. The first kappa shape index (κ1) is 10.2. The van der Waals surface area contributed by atoms with Crippen LogP contribution in [0.25, 0.3) is 0 Å². The van der Waals surface area contributed by atoms with Gasteiger partial charge < -0.3 is 4.90 Å². The zero-order valence-corrected chi connectivity index (χ0v) is 7.58. The highest BCUT2D eigenvalue weighted by Gasteiger charge is 2.21. The minimum atomic E-state index is 0.0139. The summed E-state index contributed by atoms with van der Waals surface area (Å²) in [4.78, 5) is 23.3. The van der Waals surface area contributed by atoms with Crippen LogP contribution in [0.1, 0.15) is 19.3 Å². The third kappa shape index (κ3) is 2.81. The van der Waals surface area contributed by atoms with Gasteiger partial charge in [-0.1, -0.05) is 0 Å². The molecule has 1 rings (SSSR count). The van der Waals surface area contributed by atoms with Crippen molar-refractivity contribution in [2.24, 2.45) is 5.92 Å². The number of hydrogen-bond donors (Lipinski definition) is 0. The first-order valence-corrected chi connectivity index (χ1v) is 4.58. The molecule has 4 nitrogen and oxygen atoms in total. The predicted octanol–water partition coefficient (Wildman–Crippen LogP) is 0.00770. The fraction of sp³-hybridized carbons (Fsp3) is 0.778. The molecule has 1 saturated heterocycles. The fourth-order valence-corrected chi connectivity index (χ4v) is 1.51. The van der Waals surface area contributed by atoms with Gasteiger partial charge in [-0.25, -0.2) is 0 Å². The van der Waals surface area contributed by atoms with Crippen LogP contribution in [0.3, 0.4) is 0 Å². The normalized spacial score (nSPS) is 18.7. The van der Waals surface area contributed by atoms with E-state index in [0.717, 1.165) is 12.8 Å². The fourth-order valence-electron chi connectivity index (χ4n) is 1.51. The minimum Gasteiger partial charge on any atom is -0.343 e. The Hall–Kier alpha value is -0.900. The third-order valence-corrected chi connectivity index (χ3v) is 2.35. The molecule has 1 amide bonds. The second-order valence-corrected chi connectivity index (χ2v) is 3.27. The Kier molecular flexibility index (Phi) is 3.89. The molecule has 0 atom stereocenters. The highest BCUT2D eigenvalue weighted by Crippen LogP contribution is 2.15. The predicted molar refractivity (Wildman–Crippen MR) is 47.6 cm³/mol. The molecule has 13 heavy (non-hydrogen) atoms. The van der Waals surface area contributed by atoms with E-state index in [1.54, 1.807) is 4.90 Å². The van der Waals surface area contributed by atoms with Gasteiger partial charge in [0.1, 0.15) is 0 Å². The topological polar surface area (TPSA) is 61.2 Å². The van der Waals surface area contributed by atoms with Crippen LogP contribution >= 0.6 is 0 Å². The average Bonchev–Trinajstić information content (AvgIpc) is 2.18. The van der Waals surface area contributed by atoms with E-state index in [1.165, 1.54) is 0 Å². The third-order valence-electron chi connectivity index (χ3n) is 2.35. The van der Waals surface area contributed by atoms with Crippen LogP contribution < -0.4 is 5.73 Å². The number of nitrogens with zero attached hydrogens (tertiary/aromatic N) is 1. The quantitative estimate of drug-likeness (QED) is 0.617. The molecule has 2 radical (unpaired) electrons. The number of carbonyl (C=O) groups is 1. The maximum atomic E-state index is 11.3. The van der Waals surface area contributed by atoms with E-state index < -0.39 is 0 Å². The van der Waals surface area contributed by atoms with E-state index in [2.05, 4.69) is 0 Å². The lowest BCUT2D eigenvalue weighted by molar-refractivity contribution is -0.132. The van der Waals surface area contributed by atoms with Crippen molar-refractivity contribution in [1.29, 1.82) is 0 Å². The summed E-state index contributed by atoms with van der Waals surface area (Å²) >= 11 is 0. The van der Waals surface area contributed by atoms with Crippen molar-refractivity contribution in [2.45, 2.75) is 19.3 Å². The Labute approximate surface area is 78.1 Å². The molecular formula is C9H14N2O2. The Morgan fingerprint density at radius 1 is 1.46 bits per heavy atom. The van der Waals surface area contributed by atoms with Crippen molar-refractivity contribution in [1.82, 2.24) is 10.6 Å². The molecule has 0 bridgehead atoms. The van der Waals surface area contributed by atoms with Crippen LogP contribution in [0, 0.1) is 5.92 Å². The second kappa shape index (κ2) is 4.97. The van der Waals surface area contributed by atoms with Crippen molar-refractivity contribution in [3.63, 3.8) is 0 Å². The van der Waals surface area contributed by atoms with Crippen molar-refractivity contribution in [3.05, 3.63) is 0 Å². The van der Waals surface area contributed by atoms with Gasteiger partial charge in [0.25, 0.3) is 0 Å². The Morgan fingerprint density at radius 2 is 2.08 bits per heavy atom. The van der Waals surface area contributed by atoms with E-state index in [0.29, 0.717) is 19.5 Å². The maximum absolute atomic E-state index is 11.3. The summed E-state index contributed by atoms with van der Waals surface area (Å²) in [5.41, 5.74) is 6.92. The van der Waals surface area contributed by atoms with E-state index in [9.17, 15) is 9.59 Å². The zero-order valence-electron chi connectivity index (χ0n) is 7.58. The smallest absolute Gasteiger partial charge is 0.223 e. The Balaban J connectivity index is 2.31. The largest absolute Gasteiger partial charge is 0.343 e. The summed E-state index contributed by atoms with van der Waals surface area (Å²) in [5.74, 6) is 0.0550. The SMILES string of the molecule is [NH]CCC(=O)N1CCC([C]=O)CC1. The standard InChI is InChI=1S/C9H14N2O2/c10-4-1-9(13)11-5-2-8(7-12)3-6-11/h8,10H,1-6H2. The van der Waals surface area contributed by atoms with Gasteiger partial charge in [0, 0.05) is 32.0 Å². The summed E-state index contributed by atoms with van der Waals surface area (Å²) in [7, 11) is 0. The van der Waals surface area contributed by atoms with Gasteiger partial charge in [0.05, 0.1) is 0 Å². The van der Waals surface area contributed by atoms with Crippen molar-refractivity contribution < 1.29 is 9.59 Å². The second-order valence-electron chi connectivity index (χ2n) is 3.27. The van der Waals surface area contributed by atoms with E-state index >= 15 is 0 Å². The molecule has 0 aliphatic carbocycles. The summed E-state index contributed by atoms with van der Waals surface area (Å²) in [6.07, 6.45) is 3.73. The number of likely N-dealkylation sites (tertiary alicyclic amines) is 1. The van der Waals surface area contributed by atoms with Crippen LogP contribution in [0.5, 0.6) is 0 Å². The molecule has 1 fully saturated rings. The van der Waals surface area contributed by atoms with E-state index in [-0.39, 0.29) is 18.4 Å². The van der Waals surface area contributed by atoms with Gasteiger partial charge in [0.15, 0.2) is 0 Å². The van der Waals surface area contributed by atoms with Crippen molar-refractivity contribution >= 4 is 12.2 Å². The van der Waals surface area contributed by atoms with Gasteiger partial charge in [-0.2, -0.15) is 0 Å². The molecule has 1 aliphatic heterocycles. The summed E-state index contributed by atoms with van der Waals surface area (Å²) in [6, 6.07) is 0. The maximum Gasteiger partial charge on any atom is 0.223 e. The highest BCUT2D eigenvalue weighted by molar-refractivity contribution is 5.76. The number of amides is 1. The average molecular weight is 182 g/mol. The van der Waals surface area contributed by atoms with Crippen LogP contribution in [0.2, 0.25) is 0 Å². The Bertz CT molecular complexity index is 186. The van der Waals surface area contributed by atoms with Crippen LogP contribution in [-0.4, -0.2) is 36.7 Å². The number of carbonyl (C=O) groups excluding carboxylic acids is 2. The first-order valence-electron chi connectivity index (χ1n) is 4.58. The number of nitrogens with one attached hydrogen (secondary N) is 1. The van der Waals surface area contributed by atoms with Crippen LogP contribution in [-0.2, 0) is 9.59 Å². The van der Waals surface area contributed by atoms with Crippen molar-refractivity contribution in [3.8, 4) is 0 Å². The molecule has 1 aliphatic rings. The Morgan fingerprint density at radius 3 is 2.54 bits per heavy atom. The van der Waals surface area contributed by atoms with Gasteiger partial charge in [0.2, 0.25) is 12.2 Å². The van der Waals surface area contributed by atoms with E-state index in [4.69, 9.17) is 5.73 Å². The van der Waals surface area contributed by atoms with Crippen LogP contribution in [0.4, 0.5) is 0 Å². The lowest BCUT2D eigenvalue weighted by atomic mass is 9.98. The summed E-state index contributed by atoms with van der Waals surface area (Å²) in [5, 5.41) is 0. The molecule has 0 aromatic rings. The monoisotopic (exact) mass is 182 g/mol. The lowest BCUT2D eigenvalue weighted by Gasteiger charge is -2.29. The van der Waals surface area contributed by atoms with Crippen molar-refractivity contribution in [2.75, 3.05) is 19.6 Å². The van der Waals surface area contributed by atoms with Crippen LogP contribution in [0.15, 0.2) is 0 Å². The number of hydrogen-bond acceptors (Lipinski definition) is 2. The van der Waals surface area contributed by atoms with Gasteiger partial charge in [-0.15, -0.1) is 0 Å². The first-order chi connectivity index (χ1) is 6.27. The van der Waals surface area contributed by atoms with Gasteiger partial charge in [-0.3, -0.25) is 15.3 Å². The summed E-state index contributed by atoms with van der Waals surface area (Å²) in [6.45, 7) is 1.45. The van der Waals surface area contributed by atoms with Gasteiger partial charge in [-0.05, 0) is 12.8 Å². The molecule has 1 heterocycles. The molecule has 0 aromatic heterocycles. The van der Waals surface area contributed by atoms with Gasteiger partial charge >= 0.3 is 0 Å². The van der Waals surface area contributed by atoms with E-state index in [1.807, 2.05) is 6.29 Å². The lowest BCUT2D eigenvalue weighted by Crippen LogP contribution is -2.39. The summed E-state index contributed by atoms with van der Waals surface area (Å²) < 4.78 is 0. The molecule has 72 valence electrons. The number of rotatable bonds is 3. The minimum absolute atomic E-state index is 0.0139. The molecular weight excluding hydrogens is 168 g/mol. The molecule has 4 heteroatoms. The molecule has 0 aromatic carbocycles.